The van der Waals surface area contributed by atoms with Crippen LogP contribution in [0.4, 0.5) is 0 Å². The first-order valence-electron chi connectivity index (χ1n) is 7.81. The summed E-state index contributed by atoms with van der Waals surface area (Å²) in [7, 11) is 0. The molecule has 2 aliphatic carbocycles. The van der Waals surface area contributed by atoms with Crippen LogP contribution in [-0.2, 0) is 4.79 Å². The Morgan fingerprint density at radius 3 is 2.81 bits per heavy atom. The van der Waals surface area contributed by atoms with Crippen molar-refractivity contribution in [1.82, 2.24) is 9.88 Å². The van der Waals surface area contributed by atoms with Gasteiger partial charge >= 0.3 is 0 Å². The number of likely N-dealkylation sites (tertiary alicyclic amines) is 1. The number of aromatic nitrogens is 1. The molecule has 1 unspecified atom stereocenters. The summed E-state index contributed by atoms with van der Waals surface area (Å²) in [6, 6.07) is 2.10. The molecule has 2 heterocycles. The summed E-state index contributed by atoms with van der Waals surface area (Å²) in [6.45, 7) is 0.940. The summed E-state index contributed by atoms with van der Waals surface area (Å²) >= 11 is 0. The first-order valence-corrected chi connectivity index (χ1v) is 7.81. The van der Waals surface area contributed by atoms with Crippen LogP contribution in [-0.4, -0.2) is 33.5 Å². The fourth-order valence-electron chi connectivity index (χ4n) is 4.01. The summed E-state index contributed by atoms with van der Waals surface area (Å²) in [4.78, 5) is 18.4. The van der Waals surface area contributed by atoms with Crippen LogP contribution in [0.25, 0.3) is 6.08 Å². The summed E-state index contributed by atoms with van der Waals surface area (Å²) < 4.78 is 0. The van der Waals surface area contributed by atoms with Crippen molar-refractivity contribution in [2.75, 3.05) is 6.54 Å². The summed E-state index contributed by atoms with van der Waals surface area (Å²) in [5.41, 5.74) is 1.22. The lowest BCUT2D eigenvalue weighted by atomic mass is 9.56. The molecule has 3 fully saturated rings. The highest BCUT2D eigenvalue weighted by atomic mass is 16.3. The number of amides is 1. The number of hydrogen-bond donors (Lipinski definition) is 1. The van der Waals surface area contributed by atoms with Crippen molar-refractivity contribution < 1.29 is 9.90 Å². The molecule has 1 N–H and O–H groups in total. The van der Waals surface area contributed by atoms with Crippen molar-refractivity contribution in [3.63, 3.8) is 0 Å². The van der Waals surface area contributed by atoms with Gasteiger partial charge in [0, 0.05) is 30.3 Å². The topological polar surface area (TPSA) is 53.4 Å². The molecule has 1 aromatic rings. The van der Waals surface area contributed by atoms with Gasteiger partial charge in [-0.15, -0.1) is 0 Å². The lowest BCUT2D eigenvalue weighted by Crippen LogP contribution is -2.69. The van der Waals surface area contributed by atoms with Crippen LogP contribution < -0.4 is 0 Å². The van der Waals surface area contributed by atoms with Gasteiger partial charge in [-0.2, -0.15) is 0 Å². The van der Waals surface area contributed by atoms with E-state index < -0.39 is 0 Å². The zero-order valence-electron chi connectivity index (χ0n) is 12.0. The smallest absolute Gasteiger partial charge is 0.246 e. The molecule has 1 aliphatic heterocycles. The Labute approximate surface area is 124 Å². The quantitative estimate of drug-likeness (QED) is 0.868. The Kier molecular flexibility index (Phi) is 2.81. The van der Waals surface area contributed by atoms with Gasteiger partial charge in [0.15, 0.2) is 0 Å². The average molecular weight is 284 g/mol. The minimum absolute atomic E-state index is 0.104. The maximum atomic E-state index is 12.4. The van der Waals surface area contributed by atoms with E-state index in [9.17, 15) is 9.90 Å². The molecule has 1 atom stereocenters. The molecule has 1 aromatic heterocycles. The molecule has 1 saturated heterocycles. The molecular weight excluding hydrogens is 264 g/mol. The SMILES string of the molecule is O=C(/C=C/c1cncc(O)c1)N1CC2(CCC2)C1C1CC1. The van der Waals surface area contributed by atoms with E-state index in [1.165, 1.54) is 38.3 Å². The van der Waals surface area contributed by atoms with Crippen LogP contribution in [0.5, 0.6) is 5.75 Å². The molecule has 110 valence electrons. The Hall–Kier alpha value is -1.84. The fraction of sp³-hybridized carbons (Fsp3) is 0.529. The van der Waals surface area contributed by atoms with Crippen LogP contribution in [0.1, 0.15) is 37.7 Å². The van der Waals surface area contributed by atoms with Crippen LogP contribution >= 0.6 is 0 Å². The number of pyridine rings is 1. The number of hydrogen-bond acceptors (Lipinski definition) is 3. The number of aromatic hydroxyl groups is 1. The van der Waals surface area contributed by atoms with Crippen molar-refractivity contribution in [2.24, 2.45) is 11.3 Å². The zero-order chi connectivity index (χ0) is 14.4. The second kappa shape index (κ2) is 4.58. The molecule has 4 heteroatoms. The van der Waals surface area contributed by atoms with Gasteiger partial charge in [0.1, 0.15) is 5.75 Å². The first kappa shape index (κ1) is 12.9. The van der Waals surface area contributed by atoms with Gasteiger partial charge in [-0.25, -0.2) is 0 Å². The van der Waals surface area contributed by atoms with Gasteiger partial charge in [0.05, 0.1) is 6.20 Å². The minimum Gasteiger partial charge on any atom is -0.506 e. The molecule has 2 saturated carbocycles. The standard InChI is InChI=1S/C17H20N2O2/c20-14-8-12(9-18-10-14)2-5-15(21)19-11-17(6-1-7-17)16(19)13-3-4-13/h2,5,8-10,13,16,20H,1,3-4,6-7,11H2/b5-2+. The Morgan fingerprint density at radius 2 is 2.19 bits per heavy atom. The molecule has 0 radical (unpaired) electrons. The van der Waals surface area contributed by atoms with Gasteiger partial charge in [-0.3, -0.25) is 9.78 Å². The van der Waals surface area contributed by atoms with E-state index in [1.807, 2.05) is 0 Å². The molecule has 4 rings (SSSR count). The highest BCUT2D eigenvalue weighted by molar-refractivity contribution is 5.92. The van der Waals surface area contributed by atoms with E-state index in [4.69, 9.17) is 0 Å². The highest BCUT2D eigenvalue weighted by Crippen LogP contribution is 2.59. The maximum absolute atomic E-state index is 12.4. The lowest BCUT2D eigenvalue weighted by Gasteiger charge is -2.62. The van der Waals surface area contributed by atoms with Crippen molar-refractivity contribution in [2.45, 2.75) is 38.1 Å². The molecule has 1 spiro atoms. The van der Waals surface area contributed by atoms with Crippen LogP contribution in [0.15, 0.2) is 24.5 Å². The van der Waals surface area contributed by atoms with E-state index in [0.717, 1.165) is 18.0 Å². The van der Waals surface area contributed by atoms with Crippen molar-refractivity contribution >= 4 is 12.0 Å². The molecular formula is C17H20N2O2. The van der Waals surface area contributed by atoms with Crippen molar-refractivity contribution in [3.8, 4) is 5.75 Å². The second-order valence-electron chi connectivity index (χ2n) is 6.77. The molecule has 1 amide bonds. The first-order chi connectivity index (χ1) is 10.2. The monoisotopic (exact) mass is 284 g/mol. The minimum atomic E-state index is 0.104. The fourth-order valence-corrected chi connectivity index (χ4v) is 4.01. The van der Waals surface area contributed by atoms with E-state index in [1.54, 1.807) is 24.4 Å². The lowest BCUT2D eigenvalue weighted by molar-refractivity contribution is -0.165. The molecule has 4 nitrogen and oxygen atoms in total. The van der Waals surface area contributed by atoms with E-state index in [-0.39, 0.29) is 11.7 Å². The largest absolute Gasteiger partial charge is 0.506 e. The summed E-state index contributed by atoms with van der Waals surface area (Å²) in [5, 5.41) is 9.38. The number of rotatable bonds is 3. The third-order valence-electron chi connectivity index (χ3n) is 5.31. The van der Waals surface area contributed by atoms with Gasteiger partial charge < -0.3 is 10.0 Å². The third kappa shape index (κ3) is 2.13. The van der Waals surface area contributed by atoms with E-state index in [2.05, 4.69) is 9.88 Å². The number of carbonyl (C=O) groups is 1. The predicted octanol–water partition coefficient (Wildman–Crippen LogP) is 2.59. The van der Waals surface area contributed by atoms with Gasteiger partial charge in [0.25, 0.3) is 0 Å². The molecule has 21 heavy (non-hydrogen) atoms. The van der Waals surface area contributed by atoms with E-state index in [0.29, 0.717) is 11.5 Å². The predicted molar refractivity (Wildman–Crippen MR) is 79.4 cm³/mol. The molecule has 0 bridgehead atoms. The number of carbonyl (C=O) groups excluding carboxylic acids is 1. The van der Waals surface area contributed by atoms with Crippen molar-refractivity contribution in [1.29, 1.82) is 0 Å². The van der Waals surface area contributed by atoms with Crippen molar-refractivity contribution in [3.05, 3.63) is 30.1 Å². The Morgan fingerprint density at radius 1 is 1.38 bits per heavy atom. The maximum Gasteiger partial charge on any atom is 0.246 e. The normalized spacial score (nSPS) is 26.7. The van der Waals surface area contributed by atoms with Gasteiger partial charge in [-0.1, -0.05) is 6.42 Å². The molecule has 3 aliphatic rings. The third-order valence-corrected chi connectivity index (χ3v) is 5.31. The summed E-state index contributed by atoms with van der Waals surface area (Å²) in [6.07, 6.45) is 12.9. The second-order valence-corrected chi connectivity index (χ2v) is 6.77. The van der Waals surface area contributed by atoms with Crippen LogP contribution in [0, 0.1) is 11.3 Å². The van der Waals surface area contributed by atoms with Crippen LogP contribution in [0.3, 0.4) is 0 Å². The van der Waals surface area contributed by atoms with Gasteiger partial charge in [0.2, 0.25) is 5.91 Å². The van der Waals surface area contributed by atoms with Gasteiger partial charge in [-0.05, 0) is 49.3 Å². The van der Waals surface area contributed by atoms with E-state index >= 15 is 0 Å². The Balaban J connectivity index is 1.45. The number of nitrogens with zero attached hydrogens (tertiary/aromatic N) is 2. The zero-order valence-corrected chi connectivity index (χ0v) is 12.0. The highest BCUT2D eigenvalue weighted by Gasteiger charge is 2.61. The average Bonchev–Trinajstić information content (AvgIpc) is 3.18. The van der Waals surface area contributed by atoms with Crippen LogP contribution in [0.2, 0.25) is 0 Å². The Bertz CT molecular complexity index is 603. The molecule has 0 aromatic carbocycles. The summed E-state index contributed by atoms with van der Waals surface area (Å²) in [5.74, 6) is 0.976.